The van der Waals surface area contributed by atoms with Gasteiger partial charge in [0, 0.05) is 24.4 Å². The Morgan fingerprint density at radius 3 is 2.31 bits per heavy atom. The molecule has 2 rings (SSSR count). The fourth-order valence-electron chi connectivity index (χ4n) is 2.15. The van der Waals surface area contributed by atoms with Gasteiger partial charge in [-0.2, -0.15) is 8.42 Å². The minimum Gasteiger partial charge on any atom is -0.264 e. The van der Waals surface area contributed by atoms with Crippen LogP contribution in [-0.2, 0) is 36.6 Å². The number of pyridine rings is 1. The van der Waals surface area contributed by atoms with Gasteiger partial charge < -0.3 is 0 Å². The van der Waals surface area contributed by atoms with Gasteiger partial charge in [0.1, 0.15) is 4.90 Å². The molecule has 1 aromatic carbocycles. The number of sulfonamides is 1. The van der Waals surface area contributed by atoms with Crippen LogP contribution >= 0.6 is 0 Å². The molecule has 0 saturated carbocycles. The third-order valence-corrected chi connectivity index (χ3v) is 5.52. The van der Waals surface area contributed by atoms with E-state index in [9.17, 15) is 16.8 Å². The average molecular weight is 400 g/mol. The van der Waals surface area contributed by atoms with Crippen LogP contribution in [-0.4, -0.2) is 33.0 Å². The summed E-state index contributed by atoms with van der Waals surface area (Å²) < 4.78 is 61.4. The summed E-state index contributed by atoms with van der Waals surface area (Å²) in [6, 6.07) is 9.96. The second-order valence-electron chi connectivity index (χ2n) is 6.28. The van der Waals surface area contributed by atoms with Crippen LogP contribution in [0.2, 0.25) is 0 Å². The lowest BCUT2D eigenvalue weighted by Crippen LogP contribution is -2.26. The molecule has 2 aromatic rings. The first-order valence-corrected chi connectivity index (χ1v) is 10.5. The van der Waals surface area contributed by atoms with Crippen molar-refractivity contribution in [2.24, 2.45) is 0 Å². The van der Waals surface area contributed by atoms with Crippen molar-refractivity contribution in [3.63, 3.8) is 0 Å². The second-order valence-corrected chi connectivity index (χ2v) is 9.14. The fourth-order valence-corrected chi connectivity index (χ4v) is 3.57. The van der Waals surface area contributed by atoms with Gasteiger partial charge >= 0.3 is 10.4 Å². The van der Waals surface area contributed by atoms with Gasteiger partial charge in [0.05, 0.1) is 6.61 Å². The minimum absolute atomic E-state index is 0.0834. The third kappa shape index (κ3) is 5.85. The molecule has 0 atom stereocenters. The summed E-state index contributed by atoms with van der Waals surface area (Å²) in [6.45, 7) is 3.40. The monoisotopic (exact) mass is 400 g/mol. The van der Waals surface area contributed by atoms with E-state index in [-0.39, 0.29) is 18.0 Å². The molecule has 1 aromatic heterocycles. The van der Waals surface area contributed by atoms with Crippen molar-refractivity contribution in [3.05, 3.63) is 59.9 Å². The van der Waals surface area contributed by atoms with E-state index in [0.717, 1.165) is 11.1 Å². The van der Waals surface area contributed by atoms with E-state index < -0.39 is 25.8 Å². The molecule has 0 bridgehead atoms. The van der Waals surface area contributed by atoms with E-state index in [4.69, 9.17) is 4.55 Å². The van der Waals surface area contributed by atoms with Gasteiger partial charge in [-0.25, -0.2) is 17.3 Å². The highest BCUT2D eigenvalue weighted by Crippen LogP contribution is 2.24. The molecule has 0 amide bonds. The lowest BCUT2D eigenvalue weighted by Gasteiger charge is -2.24. The van der Waals surface area contributed by atoms with Crippen LogP contribution in [0.4, 0.5) is 0 Å². The molecule has 8 nitrogen and oxygen atoms in total. The number of benzene rings is 1. The third-order valence-electron chi connectivity index (χ3n) is 3.72. The Morgan fingerprint density at radius 1 is 1.12 bits per heavy atom. The molecule has 0 radical (unpaired) electrons. The largest absolute Gasteiger partial charge is 0.397 e. The lowest BCUT2D eigenvalue weighted by atomic mass is 9.85. The van der Waals surface area contributed by atoms with Gasteiger partial charge in [-0.3, -0.25) is 9.54 Å². The number of nitrogens with one attached hydrogen (secondary N) is 1. The van der Waals surface area contributed by atoms with Crippen molar-refractivity contribution in [1.82, 2.24) is 9.71 Å². The molecule has 0 aliphatic heterocycles. The SMILES string of the molecule is CC(C)(COS(=O)(=O)O)c1ccc(CNS(=O)(=O)c2cccnc2)cc1. The van der Waals surface area contributed by atoms with Crippen LogP contribution in [0, 0.1) is 0 Å². The van der Waals surface area contributed by atoms with Crippen LogP contribution in [0.25, 0.3) is 0 Å². The summed E-state index contributed by atoms with van der Waals surface area (Å²) in [4.78, 5) is 3.87. The number of rotatable bonds is 8. The molecule has 1 heterocycles. The normalized spacial score (nSPS) is 12.9. The smallest absolute Gasteiger partial charge is 0.264 e. The number of nitrogens with zero attached hydrogens (tertiary/aromatic N) is 1. The van der Waals surface area contributed by atoms with Crippen molar-refractivity contribution in [3.8, 4) is 0 Å². The maximum atomic E-state index is 12.2. The van der Waals surface area contributed by atoms with Crippen molar-refractivity contribution in [2.75, 3.05) is 6.61 Å². The topological polar surface area (TPSA) is 123 Å². The van der Waals surface area contributed by atoms with Gasteiger partial charge in [-0.1, -0.05) is 38.1 Å². The van der Waals surface area contributed by atoms with Crippen LogP contribution < -0.4 is 4.72 Å². The van der Waals surface area contributed by atoms with E-state index in [1.807, 2.05) is 0 Å². The van der Waals surface area contributed by atoms with Gasteiger partial charge in [0.15, 0.2) is 0 Å². The van der Waals surface area contributed by atoms with Crippen LogP contribution in [0.3, 0.4) is 0 Å². The van der Waals surface area contributed by atoms with E-state index >= 15 is 0 Å². The Bertz CT molecular complexity index is 940. The predicted molar refractivity (Wildman–Crippen MR) is 95.2 cm³/mol. The summed E-state index contributed by atoms with van der Waals surface area (Å²) in [6.07, 6.45) is 2.76. The molecule has 0 fully saturated rings. The zero-order chi connectivity index (χ0) is 19.4. The highest BCUT2D eigenvalue weighted by atomic mass is 32.3. The van der Waals surface area contributed by atoms with Crippen molar-refractivity contribution < 1.29 is 25.6 Å². The quantitative estimate of drug-likeness (QED) is 0.646. The highest BCUT2D eigenvalue weighted by molar-refractivity contribution is 7.89. The maximum Gasteiger partial charge on any atom is 0.397 e. The predicted octanol–water partition coefficient (Wildman–Crippen LogP) is 1.66. The number of hydrogen-bond acceptors (Lipinski definition) is 6. The Labute approximate surface area is 153 Å². The maximum absolute atomic E-state index is 12.2. The molecular weight excluding hydrogens is 380 g/mol. The Kier molecular flexibility index (Phi) is 6.14. The van der Waals surface area contributed by atoms with E-state index in [1.165, 1.54) is 18.5 Å². The summed E-state index contributed by atoms with van der Waals surface area (Å²) in [7, 11) is -8.16. The van der Waals surface area contributed by atoms with Crippen LogP contribution in [0.1, 0.15) is 25.0 Å². The molecule has 142 valence electrons. The summed E-state index contributed by atoms with van der Waals surface area (Å²) in [5, 5.41) is 0. The van der Waals surface area contributed by atoms with Crippen molar-refractivity contribution in [1.29, 1.82) is 0 Å². The molecule has 0 unspecified atom stereocenters. The second kappa shape index (κ2) is 7.80. The lowest BCUT2D eigenvalue weighted by molar-refractivity contribution is 0.215. The first kappa shape index (κ1) is 20.5. The Hall–Kier alpha value is -1.85. The zero-order valence-electron chi connectivity index (χ0n) is 14.3. The fraction of sp³-hybridized carbons (Fsp3) is 0.312. The van der Waals surface area contributed by atoms with E-state index in [0.29, 0.717) is 0 Å². The van der Waals surface area contributed by atoms with Crippen LogP contribution in [0.15, 0.2) is 53.7 Å². The molecule has 10 heteroatoms. The Morgan fingerprint density at radius 2 is 1.77 bits per heavy atom. The van der Waals surface area contributed by atoms with Gasteiger partial charge in [-0.05, 0) is 23.3 Å². The minimum atomic E-state index is -4.51. The molecule has 2 N–H and O–H groups in total. The highest BCUT2D eigenvalue weighted by Gasteiger charge is 2.24. The Balaban J connectivity index is 2.03. The van der Waals surface area contributed by atoms with E-state index in [1.54, 1.807) is 44.2 Å². The van der Waals surface area contributed by atoms with Crippen molar-refractivity contribution in [2.45, 2.75) is 30.7 Å². The molecule has 0 saturated heterocycles. The molecule has 26 heavy (non-hydrogen) atoms. The summed E-state index contributed by atoms with van der Waals surface area (Å²) >= 11 is 0. The molecular formula is C16H20N2O6S2. The standard InChI is InChI=1S/C16H20N2O6S2/c1-16(2,12-24-26(21,22)23)14-7-5-13(6-8-14)10-18-25(19,20)15-4-3-9-17-11-15/h3-9,11,18H,10,12H2,1-2H3,(H,21,22,23). The number of aromatic nitrogens is 1. The van der Waals surface area contributed by atoms with Crippen molar-refractivity contribution >= 4 is 20.4 Å². The first-order valence-electron chi connectivity index (χ1n) is 7.61. The average Bonchev–Trinajstić information content (AvgIpc) is 2.59. The first-order chi connectivity index (χ1) is 12.0. The summed E-state index contributed by atoms with van der Waals surface area (Å²) in [5.74, 6) is 0. The van der Waals surface area contributed by atoms with Gasteiger partial charge in [-0.15, -0.1) is 0 Å². The van der Waals surface area contributed by atoms with E-state index in [2.05, 4.69) is 13.9 Å². The summed E-state index contributed by atoms with van der Waals surface area (Å²) in [5.41, 5.74) is 0.844. The van der Waals surface area contributed by atoms with Gasteiger partial charge in [0.25, 0.3) is 0 Å². The molecule has 0 aliphatic carbocycles. The van der Waals surface area contributed by atoms with Gasteiger partial charge in [0.2, 0.25) is 10.0 Å². The molecule has 0 spiro atoms. The zero-order valence-corrected chi connectivity index (χ0v) is 15.9. The molecule has 0 aliphatic rings. The van der Waals surface area contributed by atoms with Crippen LogP contribution in [0.5, 0.6) is 0 Å². The number of hydrogen-bond donors (Lipinski definition) is 2.